The summed E-state index contributed by atoms with van der Waals surface area (Å²) in [5.74, 6) is 0.344. The molecule has 0 saturated heterocycles. The molecule has 0 unspecified atom stereocenters. The summed E-state index contributed by atoms with van der Waals surface area (Å²) in [5, 5.41) is 4.08. The van der Waals surface area contributed by atoms with Crippen LogP contribution >= 0.6 is 27.3 Å². The minimum Gasteiger partial charge on any atom is -0.484 e. The Morgan fingerprint density at radius 1 is 1.38 bits per heavy atom. The molecule has 0 atom stereocenters. The molecule has 0 fully saturated rings. The van der Waals surface area contributed by atoms with E-state index >= 15 is 0 Å². The molecule has 0 bridgehead atoms. The van der Waals surface area contributed by atoms with Gasteiger partial charge in [-0.15, -0.1) is 11.3 Å². The standard InChI is InChI=1S/C15H15BrN2O2S/c1-10-6-7-14(21-10)11(2)17-18-15(19)9-20-13-5-3-4-12(16)8-13/h3-8H,9H2,1-2H3,(H,18,19)/b17-11-. The number of aryl methyl sites for hydroxylation is 1. The monoisotopic (exact) mass is 366 g/mol. The van der Waals surface area contributed by atoms with E-state index in [9.17, 15) is 4.79 Å². The highest BCUT2D eigenvalue weighted by molar-refractivity contribution is 9.10. The zero-order valence-corrected chi connectivity index (χ0v) is 14.1. The van der Waals surface area contributed by atoms with Crippen molar-refractivity contribution in [3.63, 3.8) is 0 Å². The van der Waals surface area contributed by atoms with Crippen LogP contribution in [0.15, 0.2) is 46.0 Å². The SMILES string of the molecule is C/C(=N/NC(=O)COc1cccc(Br)c1)c1ccc(C)s1. The van der Waals surface area contributed by atoms with E-state index in [0.29, 0.717) is 5.75 Å². The van der Waals surface area contributed by atoms with Crippen molar-refractivity contribution in [1.29, 1.82) is 0 Å². The van der Waals surface area contributed by atoms with Crippen LogP contribution in [0.25, 0.3) is 0 Å². The Kier molecular flexibility index (Phi) is 5.52. The molecule has 2 rings (SSSR count). The van der Waals surface area contributed by atoms with E-state index in [1.165, 1.54) is 4.88 Å². The van der Waals surface area contributed by atoms with Gasteiger partial charge in [0, 0.05) is 9.35 Å². The molecule has 0 radical (unpaired) electrons. The highest BCUT2D eigenvalue weighted by Crippen LogP contribution is 2.17. The maximum absolute atomic E-state index is 11.7. The van der Waals surface area contributed by atoms with Crippen LogP contribution in [-0.2, 0) is 4.79 Å². The zero-order valence-electron chi connectivity index (χ0n) is 11.7. The molecular formula is C15H15BrN2O2S. The predicted molar refractivity (Wildman–Crippen MR) is 89.0 cm³/mol. The number of amides is 1. The average Bonchev–Trinajstić information content (AvgIpc) is 2.89. The molecule has 2 aromatic rings. The summed E-state index contributed by atoms with van der Waals surface area (Å²) in [7, 11) is 0. The Morgan fingerprint density at radius 3 is 2.86 bits per heavy atom. The first-order valence-electron chi connectivity index (χ1n) is 6.33. The van der Waals surface area contributed by atoms with Gasteiger partial charge < -0.3 is 4.74 Å². The summed E-state index contributed by atoms with van der Waals surface area (Å²) in [5.41, 5.74) is 3.28. The Labute approximate surface area is 136 Å². The largest absolute Gasteiger partial charge is 0.484 e. The number of rotatable bonds is 5. The molecule has 1 amide bonds. The summed E-state index contributed by atoms with van der Waals surface area (Å²) >= 11 is 4.99. The van der Waals surface area contributed by atoms with Crippen molar-refractivity contribution in [2.24, 2.45) is 5.10 Å². The minimum absolute atomic E-state index is 0.0727. The number of carbonyl (C=O) groups is 1. The fraction of sp³-hybridized carbons (Fsp3) is 0.200. The van der Waals surface area contributed by atoms with Crippen LogP contribution in [0.3, 0.4) is 0 Å². The van der Waals surface area contributed by atoms with Crippen LogP contribution in [0.2, 0.25) is 0 Å². The smallest absolute Gasteiger partial charge is 0.277 e. The third-order valence-corrected chi connectivity index (χ3v) is 4.21. The van der Waals surface area contributed by atoms with E-state index in [1.54, 1.807) is 23.5 Å². The van der Waals surface area contributed by atoms with Crippen molar-refractivity contribution in [1.82, 2.24) is 5.43 Å². The summed E-state index contributed by atoms with van der Waals surface area (Å²) in [6.07, 6.45) is 0. The molecule has 0 spiro atoms. The molecule has 1 N–H and O–H groups in total. The maximum Gasteiger partial charge on any atom is 0.277 e. The van der Waals surface area contributed by atoms with Crippen LogP contribution in [0.1, 0.15) is 16.7 Å². The second kappa shape index (κ2) is 7.38. The zero-order chi connectivity index (χ0) is 15.2. The molecule has 0 saturated carbocycles. The Bertz CT molecular complexity index is 667. The van der Waals surface area contributed by atoms with Gasteiger partial charge in [-0.25, -0.2) is 5.43 Å². The number of ether oxygens (including phenoxy) is 1. The Balaban J connectivity index is 1.84. The molecule has 0 aliphatic carbocycles. The molecule has 1 heterocycles. The lowest BCUT2D eigenvalue weighted by Crippen LogP contribution is -2.25. The van der Waals surface area contributed by atoms with Crippen LogP contribution in [-0.4, -0.2) is 18.2 Å². The van der Waals surface area contributed by atoms with Gasteiger partial charge in [-0.3, -0.25) is 4.79 Å². The first-order valence-corrected chi connectivity index (χ1v) is 7.94. The van der Waals surface area contributed by atoms with E-state index in [4.69, 9.17) is 4.74 Å². The normalized spacial score (nSPS) is 11.3. The van der Waals surface area contributed by atoms with Gasteiger partial charge >= 0.3 is 0 Å². The first kappa shape index (κ1) is 15.7. The number of nitrogens with one attached hydrogen (secondary N) is 1. The van der Waals surface area contributed by atoms with Gasteiger partial charge in [0.2, 0.25) is 0 Å². The van der Waals surface area contributed by atoms with Crippen LogP contribution in [0.5, 0.6) is 5.75 Å². The lowest BCUT2D eigenvalue weighted by molar-refractivity contribution is -0.123. The Morgan fingerprint density at radius 2 is 2.19 bits per heavy atom. The first-order chi connectivity index (χ1) is 10.0. The van der Waals surface area contributed by atoms with Crippen LogP contribution in [0, 0.1) is 6.92 Å². The number of halogens is 1. The molecule has 0 aliphatic heterocycles. The van der Waals surface area contributed by atoms with E-state index in [-0.39, 0.29) is 12.5 Å². The molecule has 110 valence electrons. The fourth-order valence-corrected chi connectivity index (χ4v) is 2.76. The van der Waals surface area contributed by atoms with Crippen molar-refractivity contribution in [2.75, 3.05) is 6.61 Å². The van der Waals surface area contributed by atoms with Crippen molar-refractivity contribution < 1.29 is 9.53 Å². The second-order valence-corrected chi connectivity index (χ2v) is 6.59. The van der Waals surface area contributed by atoms with Crippen molar-refractivity contribution in [3.05, 3.63) is 50.6 Å². The van der Waals surface area contributed by atoms with Gasteiger partial charge in [0.15, 0.2) is 6.61 Å². The van der Waals surface area contributed by atoms with E-state index in [1.807, 2.05) is 38.1 Å². The minimum atomic E-state index is -0.289. The van der Waals surface area contributed by atoms with E-state index in [0.717, 1.165) is 15.1 Å². The molecule has 0 aliphatic rings. The number of hydrazone groups is 1. The number of carbonyl (C=O) groups excluding carboxylic acids is 1. The van der Waals surface area contributed by atoms with Gasteiger partial charge in [0.05, 0.1) is 10.6 Å². The number of benzene rings is 1. The summed E-state index contributed by atoms with van der Waals surface area (Å²) in [6.45, 7) is 3.82. The molecular weight excluding hydrogens is 352 g/mol. The highest BCUT2D eigenvalue weighted by atomic mass is 79.9. The lowest BCUT2D eigenvalue weighted by atomic mass is 10.3. The molecule has 1 aromatic carbocycles. The van der Waals surface area contributed by atoms with Crippen molar-refractivity contribution in [2.45, 2.75) is 13.8 Å². The fourth-order valence-electron chi connectivity index (χ4n) is 1.57. The number of thiophene rings is 1. The second-order valence-electron chi connectivity index (χ2n) is 4.39. The number of nitrogens with zero attached hydrogens (tertiary/aromatic N) is 1. The van der Waals surface area contributed by atoms with Gasteiger partial charge in [-0.2, -0.15) is 5.10 Å². The average molecular weight is 367 g/mol. The highest BCUT2D eigenvalue weighted by Gasteiger charge is 2.04. The van der Waals surface area contributed by atoms with Gasteiger partial charge in [-0.1, -0.05) is 22.0 Å². The van der Waals surface area contributed by atoms with Crippen molar-refractivity contribution >= 4 is 38.9 Å². The molecule has 4 nitrogen and oxygen atoms in total. The van der Waals surface area contributed by atoms with Gasteiger partial charge in [-0.05, 0) is 44.2 Å². The summed E-state index contributed by atoms with van der Waals surface area (Å²) in [6, 6.07) is 11.3. The van der Waals surface area contributed by atoms with E-state index in [2.05, 4.69) is 26.5 Å². The molecule has 1 aromatic heterocycles. The van der Waals surface area contributed by atoms with Crippen molar-refractivity contribution in [3.8, 4) is 5.75 Å². The topological polar surface area (TPSA) is 50.7 Å². The van der Waals surface area contributed by atoms with E-state index < -0.39 is 0 Å². The number of hydrogen-bond donors (Lipinski definition) is 1. The third-order valence-electron chi connectivity index (χ3n) is 2.61. The predicted octanol–water partition coefficient (Wildman–Crippen LogP) is 3.74. The third kappa shape index (κ3) is 4.99. The van der Waals surface area contributed by atoms with Gasteiger partial charge in [0.25, 0.3) is 5.91 Å². The quantitative estimate of drug-likeness (QED) is 0.647. The number of hydrogen-bond acceptors (Lipinski definition) is 4. The Hall–Kier alpha value is -1.66. The molecule has 6 heteroatoms. The molecule has 21 heavy (non-hydrogen) atoms. The van der Waals surface area contributed by atoms with Crippen LogP contribution < -0.4 is 10.2 Å². The maximum atomic E-state index is 11.7. The summed E-state index contributed by atoms with van der Waals surface area (Å²) in [4.78, 5) is 13.9. The van der Waals surface area contributed by atoms with Gasteiger partial charge in [0.1, 0.15) is 5.75 Å². The lowest BCUT2D eigenvalue weighted by Gasteiger charge is -2.05. The summed E-state index contributed by atoms with van der Waals surface area (Å²) < 4.78 is 6.29. The van der Waals surface area contributed by atoms with Crippen LogP contribution in [0.4, 0.5) is 0 Å².